The normalized spacial score (nSPS) is 28.7. The third-order valence-corrected chi connectivity index (χ3v) is 5.20. The fourth-order valence-corrected chi connectivity index (χ4v) is 4.07. The molecule has 1 N–H and O–H groups in total. The zero-order valence-electron chi connectivity index (χ0n) is 11.2. The zero-order valence-corrected chi connectivity index (χ0v) is 12.0. The Balaban J connectivity index is 1.49. The second-order valence-electron chi connectivity index (χ2n) is 5.90. The summed E-state index contributed by atoms with van der Waals surface area (Å²) in [5.41, 5.74) is 0.741. The van der Waals surface area contributed by atoms with Crippen LogP contribution in [0.4, 0.5) is 0 Å². The Morgan fingerprint density at radius 3 is 3.25 bits per heavy atom. The van der Waals surface area contributed by atoms with Crippen molar-refractivity contribution < 1.29 is 4.79 Å². The molecule has 20 heavy (non-hydrogen) atoms. The Morgan fingerprint density at radius 2 is 2.35 bits per heavy atom. The van der Waals surface area contributed by atoms with Crippen LogP contribution in [-0.4, -0.2) is 40.9 Å². The van der Waals surface area contributed by atoms with E-state index in [1.807, 2.05) is 24.4 Å². The lowest BCUT2D eigenvalue weighted by atomic mass is 9.96. The lowest BCUT2D eigenvalue weighted by molar-refractivity contribution is 0.0909. The first-order valence-corrected chi connectivity index (χ1v) is 7.93. The van der Waals surface area contributed by atoms with Gasteiger partial charge in [0.05, 0.1) is 4.70 Å². The number of fused-ring (bicyclic) bond motifs is 3. The van der Waals surface area contributed by atoms with E-state index in [1.54, 1.807) is 0 Å². The van der Waals surface area contributed by atoms with Gasteiger partial charge < -0.3 is 10.2 Å². The summed E-state index contributed by atoms with van der Waals surface area (Å²) < 4.78 is 5.28. The summed E-state index contributed by atoms with van der Waals surface area (Å²) in [7, 11) is 0. The van der Waals surface area contributed by atoms with E-state index < -0.39 is 0 Å². The van der Waals surface area contributed by atoms with E-state index in [0.717, 1.165) is 34.5 Å². The number of nitrogens with one attached hydrogen (secondary N) is 1. The van der Waals surface area contributed by atoms with E-state index in [4.69, 9.17) is 0 Å². The minimum atomic E-state index is 0.0469. The lowest BCUT2D eigenvalue weighted by Crippen LogP contribution is -2.47. The van der Waals surface area contributed by atoms with Gasteiger partial charge in [0.2, 0.25) is 0 Å². The Morgan fingerprint density at radius 1 is 1.40 bits per heavy atom. The number of hydrogen-bond acceptors (Lipinski definition) is 4. The quantitative estimate of drug-likeness (QED) is 0.920. The number of aromatic nitrogens is 1. The van der Waals surface area contributed by atoms with Crippen molar-refractivity contribution in [3.05, 3.63) is 30.0 Å². The van der Waals surface area contributed by atoms with E-state index >= 15 is 0 Å². The van der Waals surface area contributed by atoms with Crippen molar-refractivity contribution in [1.29, 1.82) is 0 Å². The highest BCUT2D eigenvalue weighted by molar-refractivity contribution is 7.13. The minimum Gasteiger partial charge on any atom is -0.348 e. The monoisotopic (exact) mass is 287 g/mol. The number of rotatable bonds is 2. The molecule has 3 heterocycles. The molecule has 3 atom stereocenters. The molecule has 104 valence electrons. The third kappa shape index (κ3) is 2.21. The number of carbonyl (C=O) groups excluding carboxylic acids is 1. The summed E-state index contributed by atoms with van der Waals surface area (Å²) in [5.74, 6) is 0.822. The molecule has 2 fully saturated rings. The van der Waals surface area contributed by atoms with Gasteiger partial charge in [0.15, 0.2) is 0 Å². The summed E-state index contributed by atoms with van der Waals surface area (Å²) >= 11 is 1.46. The second-order valence-corrected chi connectivity index (χ2v) is 6.73. The molecule has 2 bridgehead atoms. The first kappa shape index (κ1) is 12.3. The van der Waals surface area contributed by atoms with Gasteiger partial charge in [-0.25, -0.2) is 0 Å². The summed E-state index contributed by atoms with van der Waals surface area (Å²) in [6, 6.07) is 6.12. The van der Waals surface area contributed by atoms with E-state index in [-0.39, 0.29) is 5.91 Å². The Hall–Kier alpha value is -1.46. The van der Waals surface area contributed by atoms with E-state index in [9.17, 15) is 4.79 Å². The molecule has 2 aliphatic heterocycles. The summed E-state index contributed by atoms with van der Waals surface area (Å²) in [6.45, 7) is 3.42. The van der Waals surface area contributed by atoms with Crippen LogP contribution in [0.3, 0.4) is 0 Å². The van der Waals surface area contributed by atoms with Gasteiger partial charge >= 0.3 is 0 Å². The molecule has 4 rings (SSSR count). The highest BCUT2D eigenvalue weighted by Crippen LogP contribution is 2.27. The summed E-state index contributed by atoms with van der Waals surface area (Å²) in [4.78, 5) is 14.8. The van der Waals surface area contributed by atoms with Gasteiger partial charge in [0, 0.05) is 36.3 Å². The maximum Gasteiger partial charge on any atom is 0.251 e. The van der Waals surface area contributed by atoms with E-state index in [0.29, 0.717) is 6.04 Å². The summed E-state index contributed by atoms with van der Waals surface area (Å²) in [6.07, 6.45) is 4.24. The van der Waals surface area contributed by atoms with Crippen LogP contribution in [-0.2, 0) is 0 Å². The number of amides is 1. The molecule has 1 aromatic heterocycles. The Kier molecular flexibility index (Phi) is 2.97. The lowest BCUT2D eigenvalue weighted by Gasteiger charge is -2.30. The molecular formula is C15H17N3OS. The summed E-state index contributed by atoms with van der Waals surface area (Å²) in [5, 5.41) is 4.25. The first-order valence-electron chi connectivity index (χ1n) is 7.15. The number of carbonyl (C=O) groups is 1. The molecular weight excluding hydrogens is 270 g/mol. The van der Waals surface area contributed by atoms with Crippen LogP contribution < -0.4 is 5.32 Å². The number of hydrogen-bond donors (Lipinski definition) is 1. The van der Waals surface area contributed by atoms with E-state index in [1.165, 1.54) is 31.0 Å². The maximum absolute atomic E-state index is 12.4. The smallest absolute Gasteiger partial charge is 0.251 e. The van der Waals surface area contributed by atoms with Gasteiger partial charge in [0.1, 0.15) is 0 Å². The van der Waals surface area contributed by atoms with Gasteiger partial charge in [0.25, 0.3) is 5.91 Å². The van der Waals surface area contributed by atoms with Crippen molar-refractivity contribution in [3.63, 3.8) is 0 Å². The van der Waals surface area contributed by atoms with Gasteiger partial charge in [-0.15, -0.1) is 0 Å². The molecule has 1 amide bonds. The molecule has 2 saturated heterocycles. The third-order valence-electron chi connectivity index (χ3n) is 4.42. The average molecular weight is 287 g/mol. The Labute approximate surface area is 121 Å². The molecule has 0 saturated carbocycles. The molecule has 1 aromatic carbocycles. The highest BCUT2D eigenvalue weighted by atomic mass is 32.1. The standard InChI is InChI=1S/C15H17N3OS/c19-15(11-1-2-14-12(6-11)7-16-20-14)17-13-5-10-3-4-18(8-10)9-13/h1-2,6-7,10,13H,3-5,8-9H2,(H,17,19). The predicted octanol–water partition coefficient (Wildman–Crippen LogP) is 2.12. The molecule has 0 spiro atoms. The number of benzene rings is 1. The van der Waals surface area contributed by atoms with Gasteiger partial charge in [-0.05, 0) is 55.0 Å². The van der Waals surface area contributed by atoms with Crippen LogP contribution in [0.2, 0.25) is 0 Å². The SMILES string of the molecule is O=C(NC1CC2CCN(C2)C1)c1ccc2sncc2c1. The molecule has 3 unspecified atom stereocenters. The molecule has 5 heteroatoms. The van der Waals surface area contributed by atoms with Crippen LogP contribution in [0.25, 0.3) is 10.1 Å². The number of piperidine rings is 1. The van der Waals surface area contributed by atoms with Crippen molar-refractivity contribution in [2.24, 2.45) is 5.92 Å². The van der Waals surface area contributed by atoms with Crippen molar-refractivity contribution >= 4 is 27.5 Å². The van der Waals surface area contributed by atoms with Crippen LogP contribution in [0.1, 0.15) is 23.2 Å². The van der Waals surface area contributed by atoms with Crippen molar-refractivity contribution in [2.45, 2.75) is 18.9 Å². The van der Waals surface area contributed by atoms with E-state index in [2.05, 4.69) is 14.6 Å². The second kappa shape index (κ2) is 4.82. The van der Waals surface area contributed by atoms with Crippen LogP contribution in [0, 0.1) is 5.92 Å². The van der Waals surface area contributed by atoms with Gasteiger partial charge in [-0.3, -0.25) is 4.79 Å². The van der Waals surface area contributed by atoms with Gasteiger partial charge in [-0.1, -0.05) is 0 Å². The van der Waals surface area contributed by atoms with Crippen LogP contribution in [0.15, 0.2) is 24.4 Å². The average Bonchev–Trinajstić information content (AvgIpc) is 3.04. The first-order chi connectivity index (χ1) is 9.78. The molecule has 0 aliphatic carbocycles. The van der Waals surface area contributed by atoms with Crippen LogP contribution >= 0.6 is 11.5 Å². The molecule has 2 aromatic rings. The van der Waals surface area contributed by atoms with Crippen molar-refractivity contribution in [3.8, 4) is 0 Å². The molecule has 0 radical (unpaired) electrons. The van der Waals surface area contributed by atoms with Crippen LogP contribution in [0.5, 0.6) is 0 Å². The minimum absolute atomic E-state index is 0.0469. The maximum atomic E-state index is 12.4. The Bertz CT molecular complexity index is 641. The fourth-order valence-electron chi connectivity index (χ4n) is 3.45. The zero-order chi connectivity index (χ0) is 13.5. The van der Waals surface area contributed by atoms with Crippen molar-refractivity contribution in [2.75, 3.05) is 19.6 Å². The molecule has 2 aliphatic rings. The highest BCUT2D eigenvalue weighted by Gasteiger charge is 2.32. The fraction of sp³-hybridized carbons (Fsp3) is 0.467. The van der Waals surface area contributed by atoms with Gasteiger partial charge in [-0.2, -0.15) is 4.37 Å². The predicted molar refractivity (Wildman–Crippen MR) is 80.0 cm³/mol. The largest absolute Gasteiger partial charge is 0.348 e. The topological polar surface area (TPSA) is 45.2 Å². The molecule has 4 nitrogen and oxygen atoms in total. The number of nitrogens with zero attached hydrogens (tertiary/aromatic N) is 2. The van der Waals surface area contributed by atoms with Crippen molar-refractivity contribution in [1.82, 2.24) is 14.6 Å².